The van der Waals surface area contributed by atoms with E-state index in [4.69, 9.17) is 0 Å². The van der Waals surface area contributed by atoms with Crippen LogP contribution >= 0.6 is 0 Å². The van der Waals surface area contributed by atoms with E-state index in [-0.39, 0.29) is 11.5 Å². The van der Waals surface area contributed by atoms with Gasteiger partial charge in [0.2, 0.25) is 0 Å². The summed E-state index contributed by atoms with van der Waals surface area (Å²) >= 11 is 0. The van der Waals surface area contributed by atoms with E-state index in [2.05, 4.69) is 4.98 Å². The van der Waals surface area contributed by atoms with Crippen LogP contribution in [0.1, 0.15) is 11.1 Å². The molecule has 1 N–H and O–H groups in total. The molecule has 0 atom stereocenters. The lowest BCUT2D eigenvalue weighted by atomic mass is 10.1. The highest BCUT2D eigenvalue weighted by molar-refractivity contribution is 5.75. The number of hydrogen-bond acceptors (Lipinski definition) is 1. The Morgan fingerprint density at radius 1 is 1.21 bits per heavy atom. The molecule has 0 aliphatic heterocycles. The lowest BCUT2D eigenvalue weighted by Crippen LogP contribution is -2.17. The number of rotatable bonds is 2. The number of nitrogens with one attached hydrogen (secondary N) is 1. The first-order chi connectivity index (χ1) is 9.15. The molecule has 3 rings (SSSR count). The van der Waals surface area contributed by atoms with Crippen LogP contribution in [-0.2, 0) is 6.54 Å². The van der Waals surface area contributed by atoms with E-state index in [1.807, 2.05) is 31.2 Å². The van der Waals surface area contributed by atoms with Crippen molar-refractivity contribution in [1.29, 1.82) is 0 Å². The van der Waals surface area contributed by atoms with Crippen LogP contribution in [0.4, 0.5) is 4.39 Å². The molecule has 1 heterocycles. The smallest absolute Gasteiger partial charge is 0.305 e. The summed E-state index contributed by atoms with van der Waals surface area (Å²) in [5.74, 6) is -0.386. The van der Waals surface area contributed by atoms with Gasteiger partial charge in [0, 0.05) is 0 Å². The minimum Gasteiger partial charge on any atom is -0.305 e. The zero-order chi connectivity index (χ0) is 13.4. The molecular formula is C15H13FN2O. The van der Waals surface area contributed by atoms with Crippen LogP contribution in [0.3, 0.4) is 0 Å². The Labute approximate surface area is 109 Å². The number of benzene rings is 2. The maximum Gasteiger partial charge on any atom is 0.326 e. The van der Waals surface area contributed by atoms with Gasteiger partial charge in [-0.3, -0.25) is 4.57 Å². The molecule has 96 valence electrons. The molecule has 0 radical (unpaired) electrons. The van der Waals surface area contributed by atoms with Gasteiger partial charge >= 0.3 is 5.69 Å². The van der Waals surface area contributed by atoms with Crippen LogP contribution < -0.4 is 5.69 Å². The first kappa shape index (κ1) is 11.7. The fourth-order valence-electron chi connectivity index (χ4n) is 2.32. The summed E-state index contributed by atoms with van der Waals surface area (Å²) in [6.07, 6.45) is 0. The number of halogens is 1. The molecular weight excluding hydrogens is 243 g/mol. The molecule has 19 heavy (non-hydrogen) atoms. The Morgan fingerprint density at radius 2 is 2.00 bits per heavy atom. The highest BCUT2D eigenvalue weighted by Crippen LogP contribution is 2.16. The van der Waals surface area contributed by atoms with Gasteiger partial charge < -0.3 is 4.98 Å². The maximum atomic E-state index is 13.9. The molecule has 4 heteroatoms. The number of hydrogen-bond donors (Lipinski definition) is 1. The lowest BCUT2D eigenvalue weighted by molar-refractivity contribution is 0.626. The summed E-state index contributed by atoms with van der Waals surface area (Å²) in [5, 5.41) is 0. The molecule has 3 aromatic rings. The summed E-state index contributed by atoms with van der Waals surface area (Å²) in [7, 11) is 0. The number of aryl methyl sites for hydroxylation is 1. The van der Waals surface area contributed by atoms with Crippen molar-refractivity contribution in [3.63, 3.8) is 0 Å². The van der Waals surface area contributed by atoms with Gasteiger partial charge in [-0.1, -0.05) is 35.9 Å². The quantitative estimate of drug-likeness (QED) is 0.752. The van der Waals surface area contributed by atoms with E-state index in [0.717, 1.165) is 11.1 Å². The zero-order valence-electron chi connectivity index (χ0n) is 10.5. The Balaban J connectivity index is 2.15. The molecule has 2 aromatic carbocycles. The third-order valence-electron chi connectivity index (χ3n) is 3.17. The largest absolute Gasteiger partial charge is 0.326 e. The van der Waals surface area contributed by atoms with Crippen molar-refractivity contribution in [2.24, 2.45) is 0 Å². The molecule has 0 amide bonds. The number of aromatic amines is 1. The summed E-state index contributed by atoms with van der Waals surface area (Å²) in [6.45, 7) is 2.35. The van der Waals surface area contributed by atoms with Crippen LogP contribution in [0.15, 0.2) is 47.3 Å². The van der Waals surface area contributed by atoms with E-state index < -0.39 is 0 Å². The van der Waals surface area contributed by atoms with Gasteiger partial charge in [0.25, 0.3) is 0 Å². The Kier molecular flexibility index (Phi) is 2.71. The van der Waals surface area contributed by atoms with Crippen molar-refractivity contribution >= 4 is 11.0 Å². The topological polar surface area (TPSA) is 37.8 Å². The van der Waals surface area contributed by atoms with Crippen molar-refractivity contribution in [3.8, 4) is 0 Å². The number of para-hydroxylation sites is 1. The van der Waals surface area contributed by atoms with Crippen molar-refractivity contribution in [2.75, 3.05) is 0 Å². The zero-order valence-corrected chi connectivity index (χ0v) is 10.5. The minimum atomic E-state index is -0.386. The molecule has 0 fully saturated rings. The number of aromatic nitrogens is 2. The number of imidazole rings is 1. The highest BCUT2D eigenvalue weighted by atomic mass is 19.1. The third-order valence-corrected chi connectivity index (χ3v) is 3.17. The molecule has 0 saturated carbocycles. The van der Waals surface area contributed by atoms with Crippen LogP contribution in [0.5, 0.6) is 0 Å². The van der Waals surface area contributed by atoms with Crippen molar-refractivity contribution < 1.29 is 4.39 Å². The minimum absolute atomic E-state index is 0.290. The monoisotopic (exact) mass is 256 g/mol. The van der Waals surface area contributed by atoms with E-state index in [1.165, 1.54) is 10.6 Å². The summed E-state index contributed by atoms with van der Waals surface area (Å²) in [4.78, 5) is 14.6. The first-order valence-corrected chi connectivity index (χ1v) is 6.08. The Morgan fingerprint density at radius 3 is 2.79 bits per heavy atom. The molecule has 0 aliphatic rings. The second kappa shape index (κ2) is 4.39. The number of nitrogens with zero attached hydrogens (tertiary/aromatic N) is 1. The fourth-order valence-corrected chi connectivity index (χ4v) is 2.32. The van der Waals surface area contributed by atoms with Crippen molar-refractivity contribution in [2.45, 2.75) is 13.5 Å². The van der Waals surface area contributed by atoms with E-state index in [1.54, 1.807) is 12.1 Å². The van der Waals surface area contributed by atoms with Crippen molar-refractivity contribution in [1.82, 2.24) is 9.55 Å². The number of fused-ring (bicyclic) bond motifs is 1. The summed E-state index contributed by atoms with van der Waals surface area (Å²) in [6, 6.07) is 12.5. The predicted molar refractivity (Wildman–Crippen MR) is 72.8 cm³/mol. The van der Waals surface area contributed by atoms with Crippen LogP contribution in [0, 0.1) is 12.7 Å². The van der Waals surface area contributed by atoms with Crippen LogP contribution in [-0.4, -0.2) is 9.55 Å². The third kappa shape index (κ3) is 2.05. The van der Waals surface area contributed by atoms with E-state index in [9.17, 15) is 9.18 Å². The van der Waals surface area contributed by atoms with Gasteiger partial charge in [0.15, 0.2) is 0 Å². The van der Waals surface area contributed by atoms with Crippen LogP contribution in [0.2, 0.25) is 0 Å². The van der Waals surface area contributed by atoms with Gasteiger partial charge in [-0.2, -0.15) is 0 Å². The summed E-state index contributed by atoms with van der Waals surface area (Å²) < 4.78 is 15.3. The van der Waals surface area contributed by atoms with Crippen molar-refractivity contribution in [3.05, 3.63) is 69.9 Å². The van der Waals surface area contributed by atoms with Gasteiger partial charge in [-0.15, -0.1) is 0 Å². The molecule has 0 spiro atoms. The molecule has 1 aromatic heterocycles. The maximum absolute atomic E-state index is 13.9. The van der Waals surface area contributed by atoms with Gasteiger partial charge in [0.05, 0.1) is 12.1 Å². The molecule has 0 saturated heterocycles. The first-order valence-electron chi connectivity index (χ1n) is 6.08. The van der Waals surface area contributed by atoms with Gasteiger partial charge in [-0.05, 0) is 24.6 Å². The van der Waals surface area contributed by atoms with Crippen LogP contribution in [0.25, 0.3) is 11.0 Å². The van der Waals surface area contributed by atoms with E-state index in [0.29, 0.717) is 17.6 Å². The number of H-pyrrole nitrogens is 1. The standard InChI is InChI=1S/C15H13FN2O/c1-10-4-2-5-11(8-10)9-18-14-12(16)6-3-7-13(14)17-15(18)19/h2-8H,9H2,1H3,(H,17,19). The Hall–Kier alpha value is -2.36. The van der Waals surface area contributed by atoms with Gasteiger partial charge in [-0.25, -0.2) is 9.18 Å². The highest BCUT2D eigenvalue weighted by Gasteiger charge is 2.11. The van der Waals surface area contributed by atoms with E-state index >= 15 is 0 Å². The fraction of sp³-hybridized carbons (Fsp3) is 0.133. The average molecular weight is 256 g/mol. The van der Waals surface area contributed by atoms with Gasteiger partial charge in [0.1, 0.15) is 11.3 Å². The normalized spacial score (nSPS) is 11.1. The molecule has 0 aliphatic carbocycles. The molecule has 3 nitrogen and oxygen atoms in total. The second-order valence-electron chi connectivity index (χ2n) is 4.64. The Bertz CT molecular complexity index is 801. The SMILES string of the molecule is Cc1cccc(Cn2c(=O)[nH]c3cccc(F)c32)c1. The molecule has 0 unspecified atom stereocenters. The summed E-state index contributed by atoms with van der Waals surface area (Å²) in [5.41, 5.74) is 2.66. The second-order valence-corrected chi connectivity index (χ2v) is 4.64. The lowest BCUT2D eigenvalue weighted by Gasteiger charge is -2.05. The predicted octanol–water partition coefficient (Wildman–Crippen LogP) is 2.83. The molecule has 0 bridgehead atoms. The average Bonchev–Trinajstić information content (AvgIpc) is 2.67.